The van der Waals surface area contributed by atoms with Crippen LogP contribution in [0.5, 0.6) is 11.5 Å². The fraction of sp³-hybridized carbons (Fsp3) is 0.393. The van der Waals surface area contributed by atoms with E-state index in [9.17, 15) is 31.1 Å². The van der Waals surface area contributed by atoms with Gasteiger partial charge in [0.25, 0.3) is 0 Å². The lowest BCUT2D eigenvalue weighted by atomic mass is 10.1. The van der Waals surface area contributed by atoms with Gasteiger partial charge in [-0.05, 0) is 80.5 Å². The van der Waals surface area contributed by atoms with Gasteiger partial charge in [-0.15, -0.1) is 0 Å². The van der Waals surface area contributed by atoms with Crippen LogP contribution in [-0.4, -0.2) is 19.2 Å². The summed E-state index contributed by atoms with van der Waals surface area (Å²) in [7, 11) is 0. The van der Waals surface area contributed by atoms with Gasteiger partial charge in [-0.1, -0.05) is 24.3 Å². The molecule has 10 heteroatoms. The van der Waals surface area contributed by atoms with Crippen molar-refractivity contribution in [3.8, 4) is 11.5 Å². The number of allylic oxidation sites excluding steroid dienone is 3. The molecule has 38 heavy (non-hydrogen) atoms. The van der Waals surface area contributed by atoms with Crippen LogP contribution >= 0.6 is 0 Å². The van der Waals surface area contributed by atoms with E-state index in [1.807, 2.05) is 6.08 Å². The van der Waals surface area contributed by atoms with E-state index in [0.29, 0.717) is 30.9 Å². The zero-order valence-electron chi connectivity index (χ0n) is 20.6. The predicted octanol–water partition coefficient (Wildman–Crippen LogP) is 8.31. The van der Waals surface area contributed by atoms with Gasteiger partial charge in [-0.2, -0.15) is 26.3 Å². The van der Waals surface area contributed by atoms with E-state index in [4.69, 9.17) is 14.2 Å². The van der Waals surface area contributed by atoms with Crippen LogP contribution < -0.4 is 9.47 Å². The maximum Gasteiger partial charge on any atom is 0.416 e. The number of ether oxygens (including phenoxy) is 3. The quantitative estimate of drug-likeness (QED) is 0.289. The summed E-state index contributed by atoms with van der Waals surface area (Å²) in [5.74, 6) is -0.437. The largest absolute Gasteiger partial charge is 0.494 e. The highest BCUT2D eigenvalue weighted by atomic mass is 19.4. The number of hydrogen-bond donors (Lipinski definition) is 0. The SMILES string of the molecule is C=C1/C=C/CCCCOc2ccc(c(C(=O)OCc3cc(C(F)(F)F)cc(C(F)(F)F)c3)c2)OCCCC1. The lowest BCUT2D eigenvalue weighted by molar-refractivity contribution is -0.143. The van der Waals surface area contributed by atoms with Crippen molar-refractivity contribution in [2.45, 2.75) is 57.5 Å². The van der Waals surface area contributed by atoms with Crippen LogP contribution in [0.2, 0.25) is 0 Å². The number of fused-ring (bicyclic) bond motifs is 13. The van der Waals surface area contributed by atoms with Crippen molar-refractivity contribution in [3.05, 3.63) is 83.0 Å². The molecular weight excluding hydrogens is 514 g/mol. The molecule has 2 heterocycles. The van der Waals surface area contributed by atoms with Crippen LogP contribution in [0.25, 0.3) is 0 Å². The summed E-state index contributed by atoms with van der Waals surface area (Å²) in [6, 6.07) is 5.60. The topological polar surface area (TPSA) is 44.8 Å². The van der Waals surface area contributed by atoms with Gasteiger partial charge in [-0.3, -0.25) is 0 Å². The zero-order chi connectivity index (χ0) is 27.8. The van der Waals surface area contributed by atoms with Crippen molar-refractivity contribution in [1.82, 2.24) is 0 Å². The molecule has 0 aromatic heterocycles. The zero-order valence-corrected chi connectivity index (χ0v) is 20.6. The van der Waals surface area contributed by atoms with Crippen LogP contribution in [0.1, 0.15) is 65.6 Å². The molecule has 0 radical (unpaired) electrons. The molecule has 2 aliphatic heterocycles. The van der Waals surface area contributed by atoms with Gasteiger partial charge in [0.15, 0.2) is 0 Å². The number of benzene rings is 2. The van der Waals surface area contributed by atoms with Gasteiger partial charge in [0, 0.05) is 0 Å². The number of carbonyl (C=O) groups excluding carboxylic acids is 1. The third-order valence-electron chi connectivity index (χ3n) is 5.73. The molecule has 206 valence electrons. The van der Waals surface area contributed by atoms with Crippen LogP contribution in [0.15, 0.2) is 60.7 Å². The van der Waals surface area contributed by atoms with E-state index >= 15 is 0 Å². The minimum Gasteiger partial charge on any atom is -0.494 e. The van der Waals surface area contributed by atoms with Crippen molar-refractivity contribution >= 4 is 5.97 Å². The normalized spacial score (nSPS) is 16.7. The summed E-state index contributed by atoms with van der Waals surface area (Å²) in [6.45, 7) is 3.88. The lowest BCUT2D eigenvalue weighted by Gasteiger charge is -2.16. The second-order valence-electron chi connectivity index (χ2n) is 8.86. The Morgan fingerprint density at radius 2 is 1.53 bits per heavy atom. The van der Waals surface area contributed by atoms with Crippen molar-refractivity contribution in [2.75, 3.05) is 13.2 Å². The molecule has 2 aliphatic rings. The summed E-state index contributed by atoms with van der Waals surface area (Å²) in [6.07, 6.45) is -1.16. The Kier molecular flexibility index (Phi) is 9.88. The molecule has 0 N–H and O–H groups in total. The molecule has 0 amide bonds. The van der Waals surface area contributed by atoms with E-state index in [0.717, 1.165) is 37.7 Å². The maximum atomic E-state index is 13.2. The van der Waals surface area contributed by atoms with E-state index in [-0.39, 0.29) is 24.0 Å². The van der Waals surface area contributed by atoms with Gasteiger partial charge >= 0.3 is 18.3 Å². The number of carbonyl (C=O) groups is 1. The molecule has 2 aromatic carbocycles. The number of hydrogen-bond acceptors (Lipinski definition) is 4. The maximum absolute atomic E-state index is 13.2. The molecule has 0 atom stereocenters. The van der Waals surface area contributed by atoms with E-state index < -0.39 is 41.6 Å². The van der Waals surface area contributed by atoms with Gasteiger partial charge < -0.3 is 14.2 Å². The van der Waals surface area contributed by atoms with Crippen molar-refractivity contribution in [1.29, 1.82) is 0 Å². The van der Waals surface area contributed by atoms with Crippen LogP contribution in [0, 0.1) is 0 Å². The average molecular weight is 543 g/mol. The third kappa shape index (κ3) is 8.85. The Labute approximate surface area is 216 Å². The highest BCUT2D eigenvalue weighted by Crippen LogP contribution is 2.36. The Morgan fingerprint density at radius 3 is 2.21 bits per heavy atom. The fourth-order valence-corrected chi connectivity index (χ4v) is 3.74. The summed E-state index contributed by atoms with van der Waals surface area (Å²) in [5, 5.41) is 0. The predicted molar refractivity (Wildman–Crippen MR) is 129 cm³/mol. The molecule has 0 saturated heterocycles. The van der Waals surface area contributed by atoms with Crippen molar-refractivity contribution < 1.29 is 45.3 Å². The summed E-state index contributed by atoms with van der Waals surface area (Å²) >= 11 is 0. The molecule has 4 nitrogen and oxygen atoms in total. The smallest absolute Gasteiger partial charge is 0.416 e. The van der Waals surface area contributed by atoms with Gasteiger partial charge in [-0.25, -0.2) is 4.79 Å². The number of alkyl halides is 6. The Hall–Kier alpha value is -3.43. The number of rotatable bonds is 3. The molecule has 0 spiro atoms. The minimum absolute atomic E-state index is 0.0183. The Morgan fingerprint density at radius 1 is 0.868 bits per heavy atom. The minimum atomic E-state index is -5.01. The molecule has 2 bridgehead atoms. The van der Waals surface area contributed by atoms with Crippen LogP contribution in [0.3, 0.4) is 0 Å². The first kappa shape index (κ1) is 29.1. The second kappa shape index (κ2) is 12.9. The summed E-state index contributed by atoms with van der Waals surface area (Å²) in [5.41, 5.74) is -2.46. The van der Waals surface area contributed by atoms with Gasteiger partial charge in [0.1, 0.15) is 23.7 Å². The molecule has 0 saturated carbocycles. The highest BCUT2D eigenvalue weighted by molar-refractivity contribution is 5.93. The van der Waals surface area contributed by atoms with Gasteiger partial charge in [0.2, 0.25) is 0 Å². The van der Waals surface area contributed by atoms with E-state index in [2.05, 4.69) is 12.7 Å². The molecule has 0 unspecified atom stereocenters. The van der Waals surface area contributed by atoms with Crippen LogP contribution in [-0.2, 0) is 23.7 Å². The summed E-state index contributed by atoms with van der Waals surface area (Å²) in [4.78, 5) is 12.9. The van der Waals surface area contributed by atoms with Crippen molar-refractivity contribution in [2.24, 2.45) is 0 Å². The van der Waals surface area contributed by atoms with Crippen molar-refractivity contribution in [3.63, 3.8) is 0 Å². The first-order valence-corrected chi connectivity index (χ1v) is 12.1. The molecular formula is C28H28F6O4. The number of halogens is 6. The monoisotopic (exact) mass is 542 g/mol. The molecule has 0 aliphatic carbocycles. The lowest BCUT2D eigenvalue weighted by Crippen LogP contribution is -2.13. The average Bonchev–Trinajstić information content (AvgIpc) is 2.85. The van der Waals surface area contributed by atoms with E-state index in [1.165, 1.54) is 12.1 Å². The second-order valence-corrected chi connectivity index (χ2v) is 8.86. The Bertz CT molecular complexity index is 1120. The fourth-order valence-electron chi connectivity index (χ4n) is 3.74. The Balaban J connectivity index is 1.79. The number of esters is 1. The first-order chi connectivity index (χ1) is 17.9. The standard InChI is InChI=1S/C28H28F6O4/c1-19-8-4-2-3-6-12-36-23-10-11-25(37-13-7-5-9-19)24(17-23)26(35)38-18-20-14-21(27(29,30)31)16-22(15-20)28(32,33)34/h4,8,10-11,14-17H,1-3,5-7,9,12-13,18H2/b8-4+. The van der Waals surface area contributed by atoms with Gasteiger partial charge in [0.05, 0.1) is 24.3 Å². The summed E-state index contributed by atoms with van der Waals surface area (Å²) < 4.78 is 95.5. The van der Waals surface area contributed by atoms with E-state index in [1.54, 1.807) is 6.07 Å². The van der Waals surface area contributed by atoms with Crippen LogP contribution in [0.4, 0.5) is 26.3 Å². The molecule has 0 fully saturated rings. The molecule has 2 aromatic rings. The third-order valence-corrected chi connectivity index (χ3v) is 5.73. The molecule has 4 rings (SSSR count). The first-order valence-electron chi connectivity index (χ1n) is 12.1. The highest BCUT2D eigenvalue weighted by Gasteiger charge is 2.37.